The minimum Gasteiger partial charge on any atom is -0.352 e. The van der Waals surface area contributed by atoms with E-state index in [1.54, 1.807) is 0 Å². The maximum Gasteiger partial charge on any atom is 0.227 e. The molecule has 1 aliphatic carbocycles. The molecule has 1 heterocycles. The topological polar surface area (TPSA) is 49.4 Å². The van der Waals surface area contributed by atoms with E-state index in [4.69, 9.17) is 0 Å². The predicted molar refractivity (Wildman–Crippen MR) is 96.5 cm³/mol. The van der Waals surface area contributed by atoms with Crippen LogP contribution in [-0.4, -0.2) is 47.4 Å². The SMILES string of the molecule is CS[C@@H]1CCCC[C@@H]1NC(=O)[C@@H]1CCCN(C(=O)C(C)(C)C)C1. The number of piperidine rings is 1. The first-order valence-electron chi connectivity index (χ1n) is 8.95. The summed E-state index contributed by atoms with van der Waals surface area (Å²) in [5.41, 5.74) is -0.369. The van der Waals surface area contributed by atoms with Crippen LogP contribution in [0.25, 0.3) is 0 Å². The van der Waals surface area contributed by atoms with Crippen molar-refractivity contribution in [2.75, 3.05) is 19.3 Å². The molecule has 3 atom stereocenters. The highest BCUT2D eigenvalue weighted by molar-refractivity contribution is 7.99. The predicted octanol–water partition coefficient (Wildman–Crippen LogP) is 3.06. The second kappa shape index (κ2) is 7.91. The van der Waals surface area contributed by atoms with E-state index in [9.17, 15) is 9.59 Å². The lowest BCUT2D eigenvalue weighted by Gasteiger charge is -2.37. The minimum absolute atomic E-state index is 0.0421. The Morgan fingerprint density at radius 3 is 2.43 bits per heavy atom. The third kappa shape index (κ3) is 4.88. The number of hydrogen-bond donors (Lipinski definition) is 1. The highest BCUT2D eigenvalue weighted by Crippen LogP contribution is 2.28. The van der Waals surface area contributed by atoms with Crippen LogP contribution in [0, 0.1) is 11.3 Å². The van der Waals surface area contributed by atoms with Gasteiger partial charge in [-0.25, -0.2) is 0 Å². The van der Waals surface area contributed by atoms with Crippen molar-refractivity contribution in [3.05, 3.63) is 0 Å². The molecular weight excluding hydrogens is 308 g/mol. The molecule has 5 heteroatoms. The van der Waals surface area contributed by atoms with Crippen LogP contribution in [0.4, 0.5) is 0 Å². The van der Waals surface area contributed by atoms with Crippen molar-refractivity contribution in [2.45, 2.75) is 70.6 Å². The maximum atomic E-state index is 12.7. The van der Waals surface area contributed by atoms with Crippen molar-refractivity contribution in [2.24, 2.45) is 11.3 Å². The molecular formula is C18H32N2O2S. The Balaban J connectivity index is 1.92. The van der Waals surface area contributed by atoms with E-state index in [0.29, 0.717) is 17.8 Å². The van der Waals surface area contributed by atoms with Crippen molar-refractivity contribution in [1.82, 2.24) is 10.2 Å². The number of nitrogens with one attached hydrogen (secondary N) is 1. The van der Waals surface area contributed by atoms with Gasteiger partial charge in [-0.3, -0.25) is 9.59 Å². The van der Waals surface area contributed by atoms with E-state index in [1.807, 2.05) is 37.4 Å². The third-order valence-electron chi connectivity index (χ3n) is 5.05. The molecule has 1 N–H and O–H groups in total. The monoisotopic (exact) mass is 340 g/mol. The van der Waals surface area contributed by atoms with Crippen molar-refractivity contribution in [1.29, 1.82) is 0 Å². The quantitative estimate of drug-likeness (QED) is 0.859. The molecule has 0 bridgehead atoms. The molecule has 2 fully saturated rings. The molecule has 4 nitrogen and oxygen atoms in total. The van der Waals surface area contributed by atoms with Crippen LogP contribution in [0.5, 0.6) is 0 Å². The van der Waals surface area contributed by atoms with Crippen molar-refractivity contribution in [3.63, 3.8) is 0 Å². The van der Waals surface area contributed by atoms with Gasteiger partial charge < -0.3 is 10.2 Å². The Morgan fingerprint density at radius 1 is 1.09 bits per heavy atom. The first-order valence-corrected chi connectivity index (χ1v) is 10.2. The largest absolute Gasteiger partial charge is 0.352 e. The molecule has 2 aliphatic rings. The smallest absolute Gasteiger partial charge is 0.227 e. The average Bonchev–Trinajstić information content (AvgIpc) is 2.54. The second-order valence-corrected chi connectivity index (χ2v) is 9.09. The van der Waals surface area contributed by atoms with E-state index < -0.39 is 0 Å². The lowest BCUT2D eigenvalue weighted by molar-refractivity contribution is -0.142. The third-order valence-corrected chi connectivity index (χ3v) is 6.22. The Hall–Kier alpha value is -0.710. The molecule has 23 heavy (non-hydrogen) atoms. The number of likely N-dealkylation sites (tertiary alicyclic amines) is 1. The summed E-state index contributed by atoms with van der Waals surface area (Å²) in [6.45, 7) is 7.22. The van der Waals surface area contributed by atoms with Gasteiger partial charge in [0.05, 0.1) is 5.92 Å². The first kappa shape index (κ1) is 18.6. The summed E-state index contributed by atoms with van der Waals surface area (Å²) in [4.78, 5) is 27.0. The van der Waals surface area contributed by atoms with Crippen molar-refractivity contribution < 1.29 is 9.59 Å². The molecule has 0 unspecified atom stereocenters. The van der Waals surface area contributed by atoms with Gasteiger partial charge in [-0.2, -0.15) is 11.8 Å². The summed E-state index contributed by atoms with van der Waals surface area (Å²) in [6, 6.07) is 0.306. The zero-order valence-electron chi connectivity index (χ0n) is 15.1. The molecule has 1 saturated carbocycles. The molecule has 0 aromatic rings. The van der Waals surface area contributed by atoms with E-state index in [-0.39, 0.29) is 23.1 Å². The summed E-state index contributed by atoms with van der Waals surface area (Å²) in [5.74, 6) is 0.275. The van der Waals surface area contributed by atoms with E-state index >= 15 is 0 Å². The standard InChI is InChI=1S/C18H32N2O2S/c1-18(2,3)17(22)20-11-7-8-13(12-20)16(21)19-14-9-5-6-10-15(14)23-4/h13-15H,5-12H2,1-4H3,(H,19,21)/t13-,14+,15-/m1/s1. The summed E-state index contributed by atoms with van der Waals surface area (Å²) in [5, 5.41) is 3.84. The molecule has 0 spiro atoms. The highest BCUT2D eigenvalue weighted by Gasteiger charge is 2.35. The van der Waals surface area contributed by atoms with Gasteiger partial charge in [-0.05, 0) is 31.9 Å². The fraction of sp³-hybridized carbons (Fsp3) is 0.889. The van der Waals surface area contributed by atoms with Gasteiger partial charge in [0.1, 0.15) is 0 Å². The number of hydrogen-bond acceptors (Lipinski definition) is 3. The van der Waals surface area contributed by atoms with Gasteiger partial charge in [0.15, 0.2) is 0 Å². The molecule has 2 amide bonds. The fourth-order valence-electron chi connectivity index (χ4n) is 3.69. The van der Waals surface area contributed by atoms with Gasteiger partial charge >= 0.3 is 0 Å². The molecule has 0 radical (unpaired) electrons. The number of nitrogens with zero attached hydrogens (tertiary/aromatic N) is 1. The van der Waals surface area contributed by atoms with Crippen LogP contribution in [-0.2, 0) is 9.59 Å². The normalized spacial score (nSPS) is 29.2. The van der Waals surface area contributed by atoms with Crippen LogP contribution >= 0.6 is 11.8 Å². The number of carbonyl (C=O) groups excluding carboxylic acids is 2. The van der Waals surface area contributed by atoms with E-state index in [0.717, 1.165) is 25.8 Å². The fourth-order valence-corrected chi connectivity index (χ4v) is 4.63. The van der Waals surface area contributed by atoms with Gasteiger partial charge in [0.2, 0.25) is 11.8 Å². The average molecular weight is 341 g/mol. The lowest BCUT2D eigenvalue weighted by atomic mass is 9.90. The summed E-state index contributed by atoms with van der Waals surface area (Å²) >= 11 is 1.87. The molecule has 1 saturated heterocycles. The Bertz CT molecular complexity index is 433. The van der Waals surface area contributed by atoms with Gasteiger partial charge in [-0.15, -0.1) is 0 Å². The zero-order valence-corrected chi connectivity index (χ0v) is 15.9. The number of rotatable bonds is 3. The van der Waals surface area contributed by atoms with Crippen molar-refractivity contribution >= 4 is 23.6 Å². The first-order chi connectivity index (χ1) is 10.8. The Kier molecular flexibility index (Phi) is 6.40. The van der Waals surface area contributed by atoms with Gasteiger partial charge in [-0.1, -0.05) is 33.6 Å². The zero-order chi connectivity index (χ0) is 17.0. The van der Waals surface area contributed by atoms with Gasteiger partial charge in [0, 0.05) is 29.8 Å². The van der Waals surface area contributed by atoms with E-state index in [1.165, 1.54) is 19.3 Å². The van der Waals surface area contributed by atoms with Crippen LogP contribution in [0.15, 0.2) is 0 Å². The maximum absolute atomic E-state index is 12.7. The van der Waals surface area contributed by atoms with Crippen LogP contribution in [0.3, 0.4) is 0 Å². The summed E-state index contributed by atoms with van der Waals surface area (Å²) < 4.78 is 0. The van der Waals surface area contributed by atoms with Crippen LogP contribution in [0.1, 0.15) is 59.3 Å². The van der Waals surface area contributed by atoms with Gasteiger partial charge in [0.25, 0.3) is 0 Å². The Morgan fingerprint density at radius 2 is 1.78 bits per heavy atom. The molecule has 0 aromatic carbocycles. The number of amides is 2. The van der Waals surface area contributed by atoms with Crippen LogP contribution in [0.2, 0.25) is 0 Å². The second-order valence-electron chi connectivity index (χ2n) is 8.01. The van der Waals surface area contributed by atoms with Crippen molar-refractivity contribution in [3.8, 4) is 0 Å². The molecule has 2 rings (SSSR count). The van der Waals surface area contributed by atoms with Crippen LogP contribution < -0.4 is 5.32 Å². The summed E-state index contributed by atoms with van der Waals surface area (Å²) in [7, 11) is 0. The Labute approximate surface area is 145 Å². The number of thioether (sulfide) groups is 1. The highest BCUT2D eigenvalue weighted by atomic mass is 32.2. The minimum atomic E-state index is -0.369. The molecule has 0 aromatic heterocycles. The van der Waals surface area contributed by atoms with E-state index in [2.05, 4.69) is 11.6 Å². The lowest BCUT2D eigenvalue weighted by Crippen LogP contribution is -2.51. The molecule has 1 aliphatic heterocycles. The summed E-state index contributed by atoms with van der Waals surface area (Å²) in [6.07, 6.45) is 8.74. The molecule has 132 valence electrons. The number of carbonyl (C=O) groups is 2.